The summed E-state index contributed by atoms with van der Waals surface area (Å²) < 4.78 is 13.0. The first-order chi connectivity index (χ1) is 8.11. The zero-order valence-electron chi connectivity index (χ0n) is 10.7. The van der Waals surface area contributed by atoms with Gasteiger partial charge in [0.05, 0.1) is 12.4 Å². The van der Waals surface area contributed by atoms with Crippen LogP contribution in [-0.2, 0) is 0 Å². The van der Waals surface area contributed by atoms with Gasteiger partial charge in [-0.2, -0.15) is 5.10 Å². The molecule has 2 rings (SSSR count). The molecule has 0 bridgehead atoms. The molecule has 2 atom stereocenters. The number of halogens is 1. The second-order valence-corrected chi connectivity index (χ2v) is 5.26. The van der Waals surface area contributed by atoms with Crippen molar-refractivity contribution in [2.24, 2.45) is 17.8 Å². The van der Waals surface area contributed by atoms with Crippen LogP contribution in [-0.4, -0.2) is 30.0 Å². The molecule has 3 nitrogen and oxygen atoms in total. The first kappa shape index (κ1) is 12.3. The van der Waals surface area contributed by atoms with E-state index < -0.39 is 0 Å². The highest BCUT2D eigenvalue weighted by molar-refractivity contribution is 5.39. The molecule has 1 saturated heterocycles. The van der Waals surface area contributed by atoms with Gasteiger partial charge in [0.15, 0.2) is 5.82 Å². The summed E-state index contributed by atoms with van der Waals surface area (Å²) in [5.74, 6) is 1.94. The predicted octanol–water partition coefficient (Wildman–Crippen LogP) is 2.46. The third kappa shape index (κ3) is 2.56. The van der Waals surface area contributed by atoms with Gasteiger partial charge in [-0.1, -0.05) is 13.8 Å². The minimum Gasteiger partial charge on any atom is -0.354 e. The standard InChI is InChI=1S/C13H20FN3/c1-9(2)12-8-17(7-11(12)6-14)13-5-4-10(3)15-16-13/h4-5,9,11-12H,6-8H2,1-3H3/t11-,12-/m0/s1. The normalized spacial score (nSPS) is 24.6. The van der Waals surface area contributed by atoms with Gasteiger partial charge in [0, 0.05) is 19.0 Å². The average molecular weight is 237 g/mol. The van der Waals surface area contributed by atoms with E-state index in [9.17, 15) is 4.39 Å². The van der Waals surface area contributed by atoms with E-state index in [1.54, 1.807) is 0 Å². The van der Waals surface area contributed by atoms with Gasteiger partial charge in [-0.25, -0.2) is 0 Å². The number of aryl methyl sites for hydroxylation is 1. The Kier molecular flexibility index (Phi) is 3.60. The topological polar surface area (TPSA) is 29.0 Å². The fourth-order valence-corrected chi connectivity index (χ4v) is 2.56. The van der Waals surface area contributed by atoms with E-state index in [0.717, 1.165) is 24.6 Å². The summed E-state index contributed by atoms with van der Waals surface area (Å²) in [6, 6.07) is 3.93. The Morgan fingerprint density at radius 3 is 2.59 bits per heavy atom. The molecule has 1 aromatic heterocycles. The molecule has 0 saturated carbocycles. The van der Waals surface area contributed by atoms with E-state index in [1.807, 2.05) is 19.1 Å². The van der Waals surface area contributed by atoms with Crippen LogP contribution in [0.2, 0.25) is 0 Å². The van der Waals surface area contributed by atoms with Crippen molar-refractivity contribution in [1.29, 1.82) is 0 Å². The number of alkyl halides is 1. The van der Waals surface area contributed by atoms with Crippen molar-refractivity contribution in [3.63, 3.8) is 0 Å². The van der Waals surface area contributed by atoms with E-state index in [4.69, 9.17) is 0 Å². The Hall–Kier alpha value is -1.19. The minimum absolute atomic E-state index is 0.137. The average Bonchev–Trinajstić information content (AvgIpc) is 2.74. The van der Waals surface area contributed by atoms with Crippen LogP contribution in [0.4, 0.5) is 10.2 Å². The van der Waals surface area contributed by atoms with Crippen molar-refractivity contribution in [3.8, 4) is 0 Å². The van der Waals surface area contributed by atoms with Gasteiger partial charge in [-0.3, -0.25) is 4.39 Å². The van der Waals surface area contributed by atoms with Crippen molar-refractivity contribution >= 4 is 5.82 Å². The Labute approximate surface area is 102 Å². The quantitative estimate of drug-likeness (QED) is 0.808. The molecule has 94 valence electrons. The van der Waals surface area contributed by atoms with Gasteiger partial charge in [0.1, 0.15) is 0 Å². The van der Waals surface area contributed by atoms with Gasteiger partial charge in [-0.05, 0) is 30.9 Å². The number of rotatable bonds is 3. The summed E-state index contributed by atoms with van der Waals surface area (Å²) >= 11 is 0. The Morgan fingerprint density at radius 2 is 2.12 bits per heavy atom. The van der Waals surface area contributed by atoms with Crippen LogP contribution in [0.25, 0.3) is 0 Å². The van der Waals surface area contributed by atoms with Crippen LogP contribution in [0.3, 0.4) is 0 Å². The molecular formula is C13H20FN3. The summed E-state index contributed by atoms with van der Waals surface area (Å²) in [5.41, 5.74) is 0.912. The SMILES string of the molecule is Cc1ccc(N2C[C@H](CF)[C@H](C(C)C)C2)nn1. The molecule has 1 fully saturated rings. The van der Waals surface area contributed by atoms with Crippen molar-refractivity contribution in [2.75, 3.05) is 24.7 Å². The summed E-state index contributed by atoms with van der Waals surface area (Å²) in [6.07, 6.45) is 0. The number of nitrogens with zero attached hydrogens (tertiary/aromatic N) is 3. The van der Waals surface area contributed by atoms with Crippen LogP contribution >= 0.6 is 0 Å². The molecule has 1 aliphatic heterocycles. The molecule has 2 heterocycles. The van der Waals surface area contributed by atoms with Crippen molar-refractivity contribution in [2.45, 2.75) is 20.8 Å². The lowest BCUT2D eigenvalue weighted by molar-refractivity contribution is 0.261. The minimum atomic E-state index is -0.237. The zero-order valence-corrected chi connectivity index (χ0v) is 10.7. The number of aromatic nitrogens is 2. The smallest absolute Gasteiger partial charge is 0.151 e. The fourth-order valence-electron chi connectivity index (χ4n) is 2.56. The molecule has 17 heavy (non-hydrogen) atoms. The first-order valence-corrected chi connectivity index (χ1v) is 6.23. The van der Waals surface area contributed by atoms with E-state index in [-0.39, 0.29) is 12.6 Å². The molecule has 4 heteroatoms. The van der Waals surface area contributed by atoms with Gasteiger partial charge in [-0.15, -0.1) is 5.10 Å². The summed E-state index contributed by atoms with van der Waals surface area (Å²) in [6.45, 7) is 7.66. The van der Waals surface area contributed by atoms with Crippen LogP contribution < -0.4 is 4.90 Å². The maximum atomic E-state index is 13.0. The summed E-state index contributed by atoms with van der Waals surface area (Å²) in [5, 5.41) is 8.24. The fraction of sp³-hybridized carbons (Fsp3) is 0.692. The molecule has 0 N–H and O–H groups in total. The van der Waals surface area contributed by atoms with Crippen molar-refractivity contribution in [3.05, 3.63) is 17.8 Å². The van der Waals surface area contributed by atoms with E-state index in [0.29, 0.717) is 11.8 Å². The Bertz CT molecular complexity index is 363. The molecule has 0 radical (unpaired) electrons. The van der Waals surface area contributed by atoms with Gasteiger partial charge in [0.2, 0.25) is 0 Å². The highest BCUT2D eigenvalue weighted by Crippen LogP contribution is 2.32. The summed E-state index contributed by atoms with van der Waals surface area (Å²) in [7, 11) is 0. The van der Waals surface area contributed by atoms with Crippen LogP contribution in [0.5, 0.6) is 0 Å². The third-order valence-electron chi connectivity index (χ3n) is 3.65. The number of anilines is 1. The molecule has 0 spiro atoms. The molecule has 0 amide bonds. The van der Waals surface area contributed by atoms with E-state index >= 15 is 0 Å². The monoisotopic (exact) mass is 237 g/mol. The Balaban J connectivity index is 2.12. The van der Waals surface area contributed by atoms with E-state index in [1.165, 1.54) is 0 Å². The molecule has 0 aromatic carbocycles. The molecule has 0 aliphatic carbocycles. The molecule has 1 aromatic rings. The van der Waals surface area contributed by atoms with Crippen LogP contribution in [0.1, 0.15) is 19.5 Å². The van der Waals surface area contributed by atoms with Crippen molar-refractivity contribution in [1.82, 2.24) is 10.2 Å². The largest absolute Gasteiger partial charge is 0.354 e. The van der Waals surface area contributed by atoms with Crippen LogP contribution in [0, 0.1) is 24.7 Å². The lowest BCUT2D eigenvalue weighted by Gasteiger charge is -2.19. The number of hydrogen-bond donors (Lipinski definition) is 0. The summed E-state index contributed by atoms with van der Waals surface area (Å²) in [4.78, 5) is 2.15. The second-order valence-electron chi connectivity index (χ2n) is 5.26. The third-order valence-corrected chi connectivity index (χ3v) is 3.65. The lowest BCUT2D eigenvalue weighted by atomic mass is 9.87. The van der Waals surface area contributed by atoms with Gasteiger partial charge in [0.25, 0.3) is 0 Å². The second kappa shape index (κ2) is 4.98. The zero-order chi connectivity index (χ0) is 12.4. The molecular weight excluding hydrogens is 217 g/mol. The molecule has 1 aliphatic rings. The maximum absolute atomic E-state index is 13.0. The first-order valence-electron chi connectivity index (χ1n) is 6.23. The predicted molar refractivity (Wildman–Crippen MR) is 66.8 cm³/mol. The molecule has 0 unspecified atom stereocenters. The van der Waals surface area contributed by atoms with Gasteiger partial charge < -0.3 is 4.90 Å². The van der Waals surface area contributed by atoms with Gasteiger partial charge >= 0.3 is 0 Å². The van der Waals surface area contributed by atoms with Crippen LogP contribution in [0.15, 0.2) is 12.1 Å². The highest BCUT2D eigenvalue weighted by Gasteiger charge is 2.35. The Morgan fingerprint density at radius 1 is 1.35 bits per heavy atom. The van der Waals surface area contributed by atoms with E-state index in [2.05, 4.69) is 28.9 Å². The number of hydrogen-bond acceptors (Lipinski definition) is 3. The highest BCUT2D eigenvalue weighted by atomic mass is 19.1. The lowest BCUT2D eigenvalue weighted by Crippen LogP contribution is -2.22. The van der Waals surface area contributed by atoms with Crippen molar-refractivity contribution < 1.29 is 4.39 Å². The maximum Gasteiger partial charge on any atom is 0.151 e.